The van der Waals surface area contributed by atoms with Crippen molar-refractivity contribution in [2.75, 3.05) is 25.1 Å². The Labute approximate surface area is 118 Å². The van der Waals surface area contributed by atoms with Crippen LogP contribution in [-0.4, -0.2) is 31.7 Å². The standard InChI is InChI=1S/C13H12F3N3O2/c14-13(15,16)9-1-2-10(8(5-9)6-17)19-12(20)11-7-21-4-3-18-11/h1-2,5,11,18H,3-4,7H2,(H,19,20). The number of hydrogen-bond acceptors (Lipinski definition) is 4. The topological polar surface area (TPSA) is 74.2 Å². The Bertz CT molecular complexity index is 575. The number of morpholine rings is 1. The molecule has 1 saturated heterocycles. The number of carbonyl (C=O) groups excluding carboxylic acids is 1. The first kappa shape index (κ1) is 15.3. The lowest BCUT2D eigenvalue weighted by molar-refractivity contribution is -0.137. The number of nitrogens with zero attached hydrogens (tertiary/aromatic N) is 1. The van der Waals surface area contributed by atoms with Gasteiger partial charge in [0, 0.05) is 6.54 Å². The Balaban J connectivity index is 2.16. The molecule has 0 radical (unpaired) electrons. The molecule has 0 bridgehead atoms. The molecule has 2 N–H and O–H groups in total. The highest BCUT2D eigenvalue weighted by Gasteiger charge is 2.31. The van der Waals surface area contributed by atoms with Crippen LogP contribution in [0.1, 0.15) is 11.1 Å². The highest BCUT2D eigenvalue weighted by atomic mass is 19.4. The smallest absolute Gasteiger partial charge is 0.378 e. The molecule has 1 atom stereocenters. The van der Waals surface area contributed by atoms with E-state index in [1.54, 1.807) is 6.07 Å². The van der Waals surface area contributed by atoms with Crippen molar-refractivity contribution < 1.29 is 22.7 Å². The molecule has 1 aromatic carbocycles. The summed E-state index contributed by atoms with van der Waals surface area (Å²) < 4.78 is 42.8. The Kier molecular flexibility index (Phi) is 4.45. The minimum absolute atomic E-state index is 0.0443. The first-order valence-electron chi connectivity index (χ1n) is 6.15. The van der Waals surface area contributed by atoms with Crippen LogP contribution in [0.25, 0.3) is 0 Å². The van der Waals surface area contributed by atoms with Crippen molar-refractivity contribution in [2.24, 2.45) is 0 Å². The van der Waals surface area contributed by atoms with Crippen molar-refractivity contribution in [1.29, 1.82) is 5.26 Å². The molecule has 1 aliphatic rings. The molecule has 1 fully saturated rings. The van der Waals surface area contributed by atoms with Crippen molar-refractivity contribution in [1.82, 2.24) is 5.32 Å². The van der Waals surface area contributed by atoms with E-state index in [1.807, 2.05) is 0 Å². The summed E-state index contributed by atoms with van der Waals surface area (Å²) in [6.45, 7) is 1.18. The molecule has 5 nitrogen and oxygen atoms in total. The number of alkyl halides is 3. The third kappa shape index (κ3) is 3.71. The van der Waals surface area contributed by atoms with Gasteiger partial charge in [-0.2, -0.15) is 18.4 Å². The molecule has 0 saturated carbocycles. The average Bonchev–Trinajstić information content (AvgIpc) is 2.47. The van der Waals surface area contributed by atoms with Crippen LogP contribution in [-0.2, 0) is 15.7 Å². The van der Waals surface area contributed by atoms with Gasteiger partial charge in [0.2, 0.25) is 5.91 Å². The van der Waals surface area contributed by atoms with Gasteiger partial charge in [-0.1, -0.05) is 0 Å². The summed E-state index contributed by atoms with van der Waals surface area (Å²) in [7, 11) is 0. The van der Waals surface area contributed by atoms with E-state index < -0.39 is 23.7 Å². The fraction of sp³-hybridized carbons (Fsp3) is 0.385. The molecule has 1 aliphatic heterocycles. The number of ether oxygens (including phenoxy) is 1. The van der Waals surface area contributed by atoms with Gasteiger partial charge in [-0.3, -0.25) is 4.79 Å². The number of carbonyl (C=O) groups is 1. The summed E-state index contributed by atoms with van der Waals surface area (Å²) >= 11 is 0. The van der Waals surface area contributed by atoms with Gasteiger partial charge in [-0.05, 0) is 18.2 Å². The van der Waals surface area contributed by atoms with Crippen LogP contribution >= 0.6 is 0 Å². The maximum Gasteiger partial charge on any atom is 0.416 e. The molecule has 1 amide bonds. The van der Waals surface area contributed by atoms with E-state index in [9.17, 15) is 18.0 Å². The molecule has 21 heavy (non-hydrogen) atoms. The summed E-state index contributed by atoms with van der Waals surface area (Å²) in [6, 6.07) is 3.66. The maximum atomic E-state index is 12.6. The second-order valence-corrected chi connectivity index (χ2v) is 4.44. The van der Waals surface area contributed by atoms with Gasteiger partial charge in [0.1, 0.15) is 12.1 Å². The van der Waals surface area contributed by atoms with Crippen molar-refractivity contribution in [3.8, 4) is 6.07 Å². The minimum atomic E-state index is -4.53. The van der Waals surface area contributed by atoms with Crippen molar-refractivity contribution in [3.63, 3.8) is 0 Å². The number of halogens is 3. The Hall–Kier alpha value is -2.11. The SMILES string of the molecule is N#Cc1cc(C(F)(F)F)ccc1NC(=O)C1COCCN1. The number of anilines is 1. The molecular weight excluding hydrogens is 287 g/mol. The van der Waals surface area contributed by atoms with E-state index in [2.05, 4.69) is 10.6 Å². The molecule has 0 aromatic heterocycles. The van der Waals surface area contributed by atoms with Gasteiger partial charge in [-0.15, -0.1) is 0 Å². The zero-order valence-corrected chi connectivity index (χ0v) is 10.8. The van der Waals surface area contributed by atoms with Gasteiger partial charge in [0.15, 0.2) is 0 Å². The number of amides is 1. The highest BCUT2D eigenvalue weighted by Crippen LogP contribution is 2.31. The van der Waals surface area contributed by atoms with Crippen LogP contribution in [0.3, 0.4) is 0 Å². The number of nitriles is 1. The first-order valence-corrected chi connectivity index (χ1v) is 6.15. The van der Waals surface area contributed by atoms with Crippen molar-refractivity contribution >= 4 is 11.6 Å². The summed E-state index contributed by atoms with van der Waals surface area (Å²) in [5.74, 6) is -0.453. The number of rotatable bonds is 2. The van der Waals surface area contributed by atoms with Gasteiger partial charge in [-0.25, -0.2) is 0 Å². The molecule has 112 valence electrons. The zero-order chi connectivity index (χ0) is 15.5. The van der Waals surface area contributed by atoms with E-state index in [0.717, 1.165) is 12.1 Å². The zero-order valence-electron chi connectivity index (χ0n) is 10.8. The van der Waals surface area contributed by atoms with Gasteiger partial charge >= 0.3 is 6.18 Å². The fourth-order valence-electron chi connectivity index (χ4n) is 1.88. The molecule has 2 rings (SSSR count). The average molecular weight is 299 g/mol. The summed E-state index contributed by atoms with van der Waals surface area (Å²) in [5, 5.41) is 14.3. The van der Waals surface area contributed by atoms with Crippen LogP contribution in [0.5, 0.6) is 0 Å². The third-order valence-electron chi connectivity index (χ3n) is 2.96. The van der Waals surface area contributed by atoms with E-state index in [-0.39, 0.29) is 17.9 Å². The number of hydrogen-bond donors (Lipinski definition) is 2. The third-order valence-corrected chi connectivity index (χ3v) is 2.96. The van der Waals surface area contributed by atoms with Crippen LogP contribution < -0.4 is 10.6 Å². The van der Waals surface area contributed by atoms with Crippen LogP contribution in [0.4, 0.5) is 18.9 Å². The van der Waals surface area contributed by atoms with Gasteiger partial charge in [0.05, 0.1) is 30.0 Å². The Morgan fingerprint density at radius 3 is 2.81 bits per heavy atom. The van der Waals surface area contributed by atoms with E-state index in [0.29, 0.717) is 19.2 Å². The predicted molar refractivity (Wildman–Crippen MR) is 67.4 cm³/mol. The van der Waals surface area contributed by atoms with E-state index >= 15 is 0 Å². The van der Waals surface area contributed by atoms with Crippen molar-refractivity contribution in [3.05, 3.63) is 29.3 Å². The van der Waals surface area contributed by atoms with Gasteiger partial charge in [0.25, 0.3) is 0 Å². The molecule has 1 aromatic rings. The highest BCUT2D eigenvalue weighted by molar-refractivity contribution is 5.96. The second kappa shape index (κ2) is 6.11. The Morgan fingerprint density at radius 1 is 1.48 bits per heavy atom. The number of nitrogens with one attached hydrogen (secondary N) is 2. The number of benzene rings is 1. The Morgan fingerprint density at radius 2 is 2.24 bits per heavy atom. The lowest BCUT2D eigenvalue weighted by atomic mass is 10.1. The van der Waals surface area contributed by atoms with E-state index in [1.165, 1.54) is 0 Å². The lowest BCUT2D eigenvalue weighted by Gasteiger charge is -2.23. The van der Waals surface area contributed by atoms with E-state index in [4.69, 9.17) is 10.00 Å². The molecular formula is C13H12F3N3O2. The summed E-state index contributed by atoms with van der Waals surface area (Å²) in [6.07, 6.45) is -4.53. The van der Waals surface area contributed by atoms with Crippen molar-refractivity contribution in [2.45, 2.75) is 12.2 Å². The van der Waals surface area contributed by atoms with Crippen LogP contribution in [0, 0.1) is 11.3 Å². The lowest BCUT2D eigenvalue weighted by Crippen LogP contribution is -2.48. The largest absolute Gasteiger partial charge is 0.416 e. The second-order valence-electron chi connectivity index (χ2n) is 4.44. The molecule has 8 heteroatoms. The quantitative estimate of drug-likeness (QED) is 0.868. The summed E-state index contributed by atoms with van der Waals surface area (Å²) in [5.41, 5.74) is -1.13. The van der Waals surface area contributed by atoms with Crippen LogP contribution in [0.2, 0.25) is 0 Å². The molecule has 1 heterocycles. The molecule has 0 aliphatic carbocycles. The minimum Gasteiger partial charge on any atom is -0.378 e. The van der Waals surface area contributed by atoms with Crippen LogP contribution in [0.15, 0.2) is 18.2 Å². The fourth-order valence-corrected chi connectivity index (χ4v) is 1.88. The normalized spacial score (nSPS) is 18.9. The molecule has 1 unspecified atom stereocenters. The maximum absolute atomic E-state index is 12.6. The van der Waals surface area contributed by atoms with Gasteiger partial charge < -0.3 is 15.4 Å². The molecule has 0 spiro atoms. The first-order chi connectivity index (χ1) is 9.91. The monoisotopic (exact) mass is 299 g/mol. The summed E-state index contributed by atoms with van der Waals surface area (Å²) in [4.78, 5) is 11.9. The predicted octanol–water partition coefficient (Wildman–Crippen LogP) is 1.50.